The summed E-state index contributed by atoms with van der Waals surface area (Å²) in [5.74, 6) is -1.16. The molecular weight excluding hydrogens is 262 g/mol. The second-order valence-electron chi connectivity index (χ2n) is 4.22. The Balaban J connectivity index is 1.89. The summed E-state index contributed by atoms with van der Waals surface area (Å²) in [5.41, 5.74) is 1.00. The van der Waals surface area contributed by atoms with Crippen LogP contribution in [0.2, 0.25) is 0 Å². The zero-order valence-corrected chi connectivity index (χ0v) is 10.4. The fraction of sp³-hybridized carbons (Fsp3) is 0.0833. The van der Waals surface area contributed by atoms with E-state index in [1.54, 1.807) is 6.07 Å². The molecule has 0 bridgehead atoms. The highest BCUT2D eigenvalue weighted by Crippen LogP contribution is 2.24. The Morgan fingerprint density at radius 3 is 2.70 bits per heavy atom. The Morgan fingerprint density at radius 1 is 1.25 bits per heavy atom. The van der Waals surface area contributed by atoms with Crippen LogP contribution in [0.5, 0.6) is 0 Å². The minimum atomic E-state index is -0.479. The topological polar surface area (TPSA) is 108 Å². The minimum Gasteiger partial charge on any atom is -0.319 e. The number of imide groups is 1. The van der Waals surface area contributed by atoms with Crippen molar-refractivity contribution >= 4 is 23.4 Å². The van der Waals surface area contributed by atoms with E-state index in [4.69, 9.17) is 0 Å². The predicted molar refractivity (Wildman–Crippen MR) is 67.2 cm³/mol. The molecule has 100 valence electrons. The number of hydrogen-bond acceptors (Lipinski definition) is 5. The first-order valence-electron chi connectivity index (χ1n) is 5.71. The van der Waals surface area contributed by atoms with Crippen molar-refractivity contribution in [3.8, 4) is 0 Å². The maximum absolute atomic E-state index is 11.8. The Hall–Kier alpha value is -3.03. The average molecular weight is 271 g/mol. The zero-order chi connectivity index (χ0) is 14.3. The third-order valence-corrected chi connectivity index (χ3v) is 2.98. The normalized spacial score (nSPS) is 13.6. The smallest absolute Gasteiger partial charge is 0.292 e. The van der Waals surface area contributed by atoms with Gasteiger partial charge in [0.2, 0.25) is 5.82 Å². The van der Waals surface area contributed by atoms with Crippen LogP contribution in [0, 0.1) is 0 Å². The molecule has 0 spiro atoms. The number of rotatable bonds is 2. The number of H-pyrrole nitrogens is 1. The van der Waals surface area contributed by atoms with Crippen LogP contribution in [-0.2, 0) is 0 Å². The number of aromatic nitrogens is 3. The molecule has 0 fully saturated rings. The van der Waals surface area contributed by atoms with Crippen molar-refractivity contribution in [1.29, 1.82) is 0 Å². The molecule has 2 N–H and O–H groups in total. The summed E-state index contributed by atoms with van der Waals surface area (Å²) in [4.78, 5) is 40.1. The van der Waals surface area contributed by atoms with Crippen LogP contribution in [0.25, 0.3) is 0 Å². The summed E-state index contributed by atoms with van der Waals surface area (Å²) in [6, 6.07) is 4.53. The van der Waals surface area contributed by atoms with E-state index in [2.05, 4.69) is 20.5 Å². The molecule has 0 atom stereocenters. The zero-order valence-electron chi connectivity index (χ0n) is 10.4. The third-order valence-electron chi connectivity index (χ3n) is 2.98. The summed E-state index contributed by atoms with van der Waals surface area (Å²) in [7, 11) is 1.41. The number of aromatic amines is 1. The summed E-state index contributed by atoms with van der Waals surface area (Å²) >= 11 is 0. The van der Waals surface area contributed by atoms with Crippen LogP contribution in [0.1, 0.15) is 31.3 Å². The van der Waals surface area contributed by atoms with Crippen LogP contribution in [-0.4, -0.2) is 44.9 Å². The highest BCUT2D eigenvalue weighted by molar-refractivity contribution is 6.21. The molecule has 1 aromatic heterocycles. The molecule has 0 aliphatic carbocycles. The Morgan fingerprint density at radius 2 is 2.00 bits per heavy atom. The Labute approximate surface area is 112 Å². The average Bonchev–Trinajstić information content (AvgIpc) is 3.04. The van der Waals surface area contributed by atoms with Crippen molar-refractivity contribution in [2.45, 2.75) is 0 Å². The second kappa shape index (κ2) is 4.26. The molecular formula is C12H9N5O3. The van der Waals surface area contributed by atoms with E-state index in [1.807, 2.05) is 0 Å². The van der Waals surface area contributed by atoms with Gasteiger partial charge in [-0.2, -0.15) is 5.10 Å². The van der Waals surface area contributed by atoms with Gasteiger partial charge in [0.05, 0.1) is 11.1 Å². The van der Waals surface area contributed by atoms with Gasteiger partial charge in [-0.3, -0.25) is 24.4 Å². The first kappa shape index (κ1) is 12.0. The fourth-order valence-electron chi connectivity index (χ4n) is 1.94. The van der Waals surface area contributed by atoms with Gasteiger partial charge in [0.15, 0.2) is 0 Å². The lowest BCUT2D eigenvalue weighted by molar-refractivity contribution is 0.0692. The molecule has 0 saturated heterocycles. The monoisotopic (exact) mass is 271 g/mol. The highest BCUT2D eigenvalue weighted by Gasteiger charge is 2.32. The van der Waals surface area contributed by atoms with E-state index in [1.165, 1.54) is 25.5 Å². The van der Waals surface area contributed by atoms with Gasteiger partial charge in [0, 0.05) is 12.7 Å². The number of anilines is 1. The maximum atomic E-state index is 11.8. The van der Waals surface area contributed by atoms with E-state index in [0.29, 0.717) is 11.3 Å². The minimum absolute atomic E-state index is 0.0602. The van der Waals surface area contributed by atoms with Gasteiger partial charge in [0.25, 0.3) is 17.7 Å². The molecule has 2 heterocycles. The Kier molecular flexibility index (Phi) is 2.56. The number of amides is 3. The van der Waals surface area contributed by atoms with E-state index >= 15 is 0 Å². The number of nitrogens with zero attached hydrogens (tertiary/aromatic N) is 3. The summed E-state index contributed by atoms with van der Waals surface area (Å²) in [5, 5.41) is 8.57. The van der Waals surface area contributed by atoms with Crippen molar-refractivity contribution < 1.29 is 14.4 Å². The van der Waals surface area contributed by atoms with Gasteiger partial charge in [0.1, 0.15) is 6.33 Å². The van der Waals surface area contributed by atoms with Crippen LogP contribution >= 0.6 is 0 Å². The lowest BCUT2D eigenvalue weighted by Gasteiger charge is -2.04. The summed E-state index contributed by atoms with van der Waals surface area (Å²) in [6.45, 7) is 0. The van der Waals surface area contributed by atoms with E-state index in [0.717, 1.165) is 4.90 Å². The number of hydrogen-bond donors (Lipinski definition) is 2. The highest BCUT2D eigenvalue weighted by atomic mass is 16.2. The second-order valence-corrected chi connectivity index (χ2v) is 4.22. The molecule has 8 nitrogen and oxygen atoms in total. The van der Waals surface area contributed by atoms with Crippen molar-refractivity contribution in [3.63, 3.8) is 0 Å². The first-order chi connectivity index (χ1) is 9.58. The third kappa shape index (κ3) is 1.74. The lowest BCUT2D eigenvalue weighted by Crippen LogP contribution is -2.24. The van der Waals surface area contributed by atoms with E-state index in [-0.39, 0.29) is 23.2 Å². The SMILES string of the molecule is CN1C(=O)c2ccc(NC(=O)c3ncn[nH]3)cc2C1=O. The molecule has 8 heteroatoms. The molecule has 0 radical (unpaired) electrons. The predicted octanol–water partition coefficient (Wildman–Crippen LogP) is 0.283. The standard InChI is InChI=1S/C12H9N5O3/c1-17-11(19)7-3-2-6(4-8(7)12(17)20)15-10(18)9-13-5-14-16-9/h2-5H,1H3,(H,15,18)(H,13,14,16). The van der Waals surface area contributed by atoms with Crippen LogP contribution < -0.4 is 5.32 Å². The molecule has 1 aromatic carbocycles. The van der Waals surface area contributed by atoms with Gasteiger partial charge in [-0.15, -0.1) is 0 Å². The largest absolute Gasteiger partial charge is 0.319 e. The van der Waals surface area contributed by atoms with Crippen molar-refractivity contribution in [3.05, 3.63) is 41.5 Å². The van der Waals surface area contributed by atoms with Crippen LogP contribution in [0.4, 0.5) is 5.69 Å². The van der Waals surface area contributed by atoms with Crippen molar-refractivity contribution in [1.82, 2.24) is 20.1 Å². The van der Waals surface area contributed by atoms with Gasteiger partial charge >= 0.3 is 0 Å². The maximum Gasteiger partial charge on any atom is 0.292 e. The van der Waals surface area contributed by atoms with Gasteiger partial charge < -0.3 is 5.32 Å². The van der Waals surface area contributed by atoms with Gasteiger partial charge in [-0.25, -0.2) is 4.98 Å². The number of benzene rings is 1. The quantitative estimate of drug-likeness (QED) is 0.763. The number of carbonyl (C=O) groups excluding carboxylic acids is 3. The van der Waals surface area contributed by atoms with E-state index in [9.17, 15) is 14.4 Å². The van der Waals surface area contributed by atoms with Crippen LogP contribution in [0.3, 0.4) is 0 Å². The number of fused-ring (bicyclic) bond motifs is 1. The molecule has 3 rings (SSSR count). The van der Waals surface area contributed by atoms with Crippen LogP contribution in [0.15, 0.2) is 24.5 Å². The lowest BCUT2D eigenvalue weighted by atomic mass is 10.1. The van der Waals surface area contributed by atoms with Crippen molar-refractivity contribution in [2.75, 3.05) is 12.4 Å². The van der Waals surface area contributed by atoms with E-state index < -0.39 is 5.91 Å². The van der Waals surface area contributed by atoms with Crippen molar-refractivity contribution in [2.24, 2.45) is 0 Å². The van der Waals surface area contributed by atoms with Gasteiger partial charge in [-0.1, -0.05) is 0 Å². The fourth-order valence-corrected chi connectivity index (χ4v) is 1.94. The molecule has 3 amide bonds. The molecule has 0 unspecified atom stereocenters. The molecule has 2 aromatic rings. The number of carbonyl (C=O) groups is 3. The first-order valence-corrected chi connectivity index (χ1v) is 5.71. The number of nitrogens with one attached hydrogen (secondary N) is 2. The Bertz CT molecular complexity index is 723. The molecule has 1 aliphatic rings. The molecule has 20 heavy (non-hydrogen) atoms. The van der Waals surface area contributed by atoms with Gasteiger partial charge in [-0.05, 0) is 18.2 Å². The summed E-state index contributed by atoms with van der Waals surface area (Å²) < 4.78 is 0. The summed E-state index contributed by atoms with van der Waals surface area (Å²) in [6.07, 6.45) is 1.22. The molecule has 0 saturated carbocycles. The molecule has 1 aliphatic heterocycles.